The number of unbranched alkanes of at least 4 members (excludes halogenated alkanes) is 30. The summed E-state index contributed by atoms with van der Waals surface area (Å²) in [5.41, 5.74) is 0. The van der Waals surface area contributed by atoms with Gasteiger partial charge in [0.2, 0.25) is 0 Å². The number of carboxylic acids is 1. The molecular weight excluding hydrogens is 1150 g/mol. The van der Waals surface area contributed by atoms with Crippen molar-refractivity contribution in [2.45, 2.75) is 322 Å². The molecule has 0 N–H and O–H groups in total. The van der Waals surface area contributed by atoms with Crippen molar-refractivity contribution in [1.29, 1.82) is 0 Å². The Morgan fingerprint density at radius 1 is 0.333 bits per heavy atom. The van der Waals surface area contributed by atoms with E-state index in [1.807, 2.05) is 21.1 Å². The van der Waals surface area contributed by atoms with E-state index in [0.717, 1.165) is 116 Å². The number of hydrogen-bond donors (Lipinski definition) is 0. The minimum Gasteiger partial charge on any atom is -0.545 e. The van der Waals surface area contributed by atoms with E-state index < -0.39 is 24.3 Å². The first kappa shape index (κ1) is 88.2. The summed E-state index contributed by atoms with van der Waals surface area (Å²) in [6, 6.07) is 0. The predicted octanol–water partition coefficient (Wildman–Crippen LogP) is 22.9. The van der Waals surface area contributed by atoms with Crippen LogP contribution in [0.1, 0.15) is 309 Å². The van der Waals surface area contributed by atoms with Crippen LogP contribution in [-0.2, 0) is 33.3 Å². The Bertz CT molecular complexity index is 2040. The molecule has 93 heavy (non-hydrogen) atoms. The lowest BCUT2D eigenvalue weighted by atomic mass is 10.0. The van der Waals surface area contributed by atoms with Crippen LogP contribution in [0.4, 0.5) is 0 Å². The highest BCUT2D eigenvalue weighted by atomic mass is 16.7. The molecule has 0 rings (SSSR count). The van der Waals surface area contributed by atoms with Crippen molar-refractivity contribution < 1.29 is 42.9 Å². The van der Waals surface area contributed by atoms with E-state index in [2.05, 4.69) is 160 Å². The zero-order valence-electron chi connectivity index (χ0n) is 60.6. The molecule has 9 heteroatoms. The lowest BCUT2D eigenvalue weighted by Crippen LogP contribution is -2.44. The van der Waals surface area contributed by atoms with Gasteiger partial charge in [-0.05, 0) is 122 Å². The van der Waals surface area contributed by atoms with Crippen molar-refractivity contribution in [2.75, 3.05) is 47.5 Å². The van der Waals surface area contributed by atoms with Gasteiger partial charge in [0.05, 0.1) is 40.3 Å². The van der Waals surface area contributed by atoms with Crippen LogP contribution in [0, 0.1) is 0 Å². The van der Waals surface area contributed by atoms with Gasteiger partial charge in [-0.1, -0.05) is 320 Å². The van der Waals surface area contributed by atoms with Crippen LogP contribution in [0.15, 0.2) is 146 Å². The lowest BCUT2D eigenvalue weighted by molar-refractivity contribution is -0.870. The first-order valence-electron chi connectivity index (χ1n) is 38.0. The van der Waals surface area contributed by atoms with Crippen LogP contribution in [0.25, 0.3) is 0 Å². The molecule has 0 aliphatic rings. The van der Waals surface area contributed by atoms with Crippen molar-refractivity contribution in [3.63, 3.8) is 0 Å². The fourth-order valence-corrected chi connectivity index (χ4v) is 10.3. The summed E-state index contributed by atoms with van der Waals surface area (Å²) >= 11 is 0. The monoisotopic (exact) mass is 1290 g/mol. The molecule has 0 heterocycles. The fraction of sp³-hybridized carbons (Fsp3) is 0.679. The van der Waals surface area contributed by atoms with E-state index in [1.54, 1.807) is 0 Å². The molecule has 0 saturated carbocycles. The zero-order chi connectivity index (χ0) is 67.5. The normalized spacial score (nSPS) is 13.5. The first-order chi connectivity index (χ1) is 45.6. The number of rotatable bonds is 69. The maximum atomic E-state index is 13.0. The molecule has 0 aromatic rings. The van der Waals surface area contributed by atoms with Crippen LogP contribution in [-0.4, -0.2) is 82.3 Å². The van der Waals surface area contributed by atoms with Crippen LogP contribution >= 0.6 is 0 Å². The Hall–Kier alpha value is -4.83. The maximum absolute atomic E-state index is 13.0. The van der Waals surface area contributed by atoms with Crippen molar-refractivity contribution in [3.8, 4) is 0 Å². The third-order valence-electron chi connectivity index (χ3n) is 16.1. The van der Waals surface area contributed by atoms with Crippen molar-refractivity contribution in [3.05, 3.63) is 146 Å². The number of nitrogens with zero attached hydrogens (tertiary/aromatic N) is 1. The van der Waals surface area contributed by atoms with Crippen molar-refractivity contribution in [2.24, 2.45) is 0 Å². The Kier molecular flexibility index (Phi) is 69.2. The number of quaternary nitrogens is 1. The van der Waals surface area contributed by atoms with E-state index in [4.69, 9.17) is 18.9 Å². The Morgan fingerprint density at radius 2 is 0.613 bits per heavy atom. The molecule has 2 atom stereocenters. The number of esters is 2. The number of carbonyl (C=O) groups excluding carboxylic acids is 3. The second kappa shape index (κ2) is 73.0. The summed E-state index contributed by atoms with van der Waals surface area (Å²) in [6.07, 6.45) is 104. The Balaban J connectivity index is 4.14. The molecule has 0 amide bonds. The number of hydrogen-bond acceptors (Lipinski definition) is 8. The summed E-state index contributed by atoms with van der Waals surface area (Å²) < 4.78 is 22.8. The van der Waals surface area contributed by atoms with Gasteiger partial charge in [0.15, 0.2) is 12.4 Å². The lowest BCUT2D eigenvalue weighted by Gasteiger charge is -2.26. The third-order valence-corrected chi connectivity index (χ3v) is 16.1. The van der Waals surface area contributed by atoms with Crippen LogP contribution in [0.2, 0.25) is 0 Å². The summed E-state index contributed by atoms with van der Waals surface area (Å²) in [5.74, 6) is -2.29. The first-order valence-corrected chi connectivity index (χ1v) is 38.0. The molecule has 9 nitrogen and oxygen atoms in total. The smallest absolute Gasteiger partial charge is 0.306 e. The highest BCUT2D eigenvalue weighted by molar-refractivity contribution is 5.70. The number of aliphatic carboxylic acids is 1. The molecule has 2 unspecified atom stereocenters. The third kappa shape index (κ3) is 74.4. The van der Waals surface area contributed by atoms with Gasteiger partial charge >= 0.3 is 11.9 Å². The molecule has 0 bridgehead atoms. The molecule has 0 saturated heterocycles. The minimum atomic E-state index is -1.63. The quantitative estimate of drug-likeness (QED) is 0.0195. The van der Waals surface area contributed by atoms with Crippen LogP contribution < -0.4 is 5.11 Å². The van der Waals surface area contributed by atoms with Gasteiger partial charge in [0.25, 0.3) is 0 Å². The highest BCUT2D eigenvalue weighted by Crippen LogP contribution is 2.17. The molecule has 0 radical (unpaired) electrons. The summed E-state index contributed by atoms with van der Waals surface area (Å²) in [6.45, 7) is 4.63. The molecule has 0 aromatic carbocycles. The van der Waals surface area contributed by atoms with Gasteiger partial charge in [-0.3, -0.25) is 9.59 Å². The molecular formula is C84H141NO8. The highest BCUT2D eigenvalue weighted by Gasteiger charge is 2.22. The van der Waals surface area contributed by atoms with E-state index in [-0.39, 0.29) is 38.6 Å². The van der Waals surface area contributed by atoms with Gasteiger partial charge in [0.1, 0.15) is 13.2 Å². The van der Waals surface area contributed by atoms with Gasteiger partial charge in [-0.25, -0.2) is 0 Å². The molecule has 0 aliphatic heterocycles. The number of allylic oxidation sites excluding steroid dienone is 24. The maximum Gasteiger partial charge on any atom is 0.306 e. The molecule has 0 aliphatic carbocycles. The van der Waals surface area contributed by atoms with Crippen LogP contribution in [0.3, 0.4) is 0 Å². The second-order valence-electron chi connectivity index (χ2n) is 26.2. The minimum absolute atomic E-state index is 0.140. The molecule has 0 fully saturated rings. The Labute approximate surface area is 572 Å². The number of likely N-dealkylation sites (N-methyl/N-ethyl adjacent to an activating group) is 1. The number of ether oxygens (including phenoxy) is 4. The van der Waals surface area contributed by atoms with Crippen molar-refractivity contribution in [1.82, 2.24) is 0 Å². The van der Waals surface area contributed by atoms with Gasteiger partial charge < -0.3 is 33.3 Å². The largest absolute Gasteiger partial charge is 0.545 e. The predicted molar refractivity (Wildman–Crippen MR) is 398 cm³/mol. The van der Waals surface area contributed by atoms with E-state index in [9.17, 15) is 19.5 Å². The Morgan fingerprint density at radius 3 is 0.914 bits per heavy atom. The second-order valence-corrected chi connectivity index (χ2v) is 26.2. The molecule has 530 valence electrons. The molecule has 0 spiro atoms. The number of carboxylic acid groups (broad SMARTS) is 1. The van der Waals surface area contributed by atoms with Gasteiger partial charge in [0, 0.05) is 12.8 Å². The molecule has 0 aromatic heterocycles. The zero-order valence-corrected chi connectivity index (χ0v) is 60.6. The average Bonchev–Trinajstić information content (AvgIpc) is 3.38. The van der Waals surface area contributed by atoms with E-state index >= 15 is 0 Å². The number of carbonyl (C=O) groups is 3. The average molecular weight is 1290 g/mol. The fourth-order valence-electron chi connectivity index (χ4n) is 10.3. The van der Waals surface area contributed by atoms with Crippen LogP contribution in [0.5, 0.6) is 0 Å². The standard InChI is InChI=1S/C84H141NO8/c1-6-8-10-12-14-16-18-20-22-24-26-28-30-32-34-36-37-38-39-40-41-42-43-44-45-47-49-51-53-55-57-59-61-63-65-67-69-71-73-75-82(87)93-80(79-92-84(83(88)89)90-77-76-85(3,4)5)78-91-81(86)74-72-70-68-66-64-62-60-58-56-54-52-50-48-46-35-33-31-29-27-25-23-21-19-17-15-13-11-9-7-2/h8,10,14,16,19-22,25-28,32,34,37-38,40-41,43-44,47,49,53,55,80,84H,6-7,9,11-13,15,17-18,23-24,29-31,33,35-36,39,42,45-46,48,50-52,54,56-79H2,1-5H3/b10-8-,16-14-,21-19-,22-20-,27-25-,28-26-,34-32-,38-37-,41-40-,44-43-,49-47-,55-53-. The van der Waals surface area contributed by atoms with Crippen molar-refractivity contribution >= 4 is 17.9 Å². The van der Waals surface area contributed by atoms with Gasteiger partial charge in [-0.15, -0.1) is 0 Å². The summed E-state index contributed by atoms with van der Waals surface area (Å²) in [5, 5.41) is 11.8. The SMILES string of the molecule is CC/C=C\C/C=C\C/C=C\C/C=C\C/C=C\C/C=C\C/C=C\C/C=C\C/C=C\C/C=C\CCCCCCCCCCC(=O)OC(COC(=O)CCCCCCCCCCCCCCCCCCC/C=C\C/C=C\CCCCCCC)COC(OCC[N+](C)(C)C)C(=O)[O-]. The van der Waals surface area contributed by atoms with E-state index in [1.165, 1.54) is 161 Å². The topological polar surface area (TPSA) is 111 Å². The summed E-state index contributed by atoms with van der Waals surface area (Å²) in [7, 11) is 5.93. The van der Waals surface area contributed by atoms with E-state index in [0.29, 0.717) is 17.4 Å². The van der Waals surface area contributed by atoms with Gasteiger partial charge in [-0.2, -0.15) is 0 Å². The summed E-state index contributed by atoms with van der Waals surface area (Å²) in [4.78, 5) is 37.6.